The van der Waals surface area contributed by atoms with E-state index in [2.05, 4.69) is 5.32 Å². The zero-order chi connectivity index (χ0) is 23.1. The molecule has 0 spiro atoms. The number of esters is 1. The summed E-state index contributed by atoms with van der Waals surface area (Å²) in [5.74, 6) is -2.29. The SMILES string of the molecule is CCOC(=O)CNC(=O)CS(=O)(=O)c1cn(CC(=O)N2CCCCCC2)c2ccccc12. The number of benzene rings is 1. The molecule has 0 aliphatic carbocycles. The van der Waals surface area contributed by atoms with Gasteiger partial charge in [-0.25, -0.2) is 8.42 Å². The highest BCUT2D eigenvalue weighted by atomic mass is 32.2. The molecule has 0 radical (unpaired) electrons. The third-order valence-electron chi connectivity index (χ3n) is 5.41. The Hall–Kier alpha value is -2.88. The fourth-order valence-corrected chi connectivity index (χ4v) is 5.24. The predicted molar refractivity (Wildman–Crippen MR) is 119 cm³/mol. The summed E-state index contributed by atoms with van der Waals surface area (Å²) < 4.78 is 32.3. The quantitative estimate of drug-likeness (QED) is 0.594. The molecule has 2 amide bonds. The summed E-state index contributed by atoms with van der Waals surface area (Å²) in [5.41, 5.74) is 0.612. The molecule has 1 aliphatic heterocycles. The van der Waals surface area contributed by atoms with Crippen molar-refractivity contribution in [1.82, 2.24) is 14.8 Å². The van der Waals surface area contributed by atoms with E-state index in [0.29, 0.717) is 24.0 Å². The number of amides is 2. The van der Waals surface area contributed by atoms with E-state index in [9.17, 15) is 22.8 Å². The van der Waals surface area contributed by atoms with E-state index in [-0.39, 0.29) is 24.0 Å². The van der Waals surface area contributed by atoms with E-state index in [1.165, 1.54) is 6.20 Å². The van der Waals surface area contributed by atoms with Gasteiger partial charge >= 0.3 is 5.97 Å². The minimum atomic E-state index is -4.00. The van der Waals surface area contributed by atoms with Gasteiger partial charge in [-0.3, -0.25) is 14.4 Å². The Balaban J connectivity index is 1.79. The number of nitrogens with zero attached hydrogens (tertiary/aromatic N) is 2. The van der Waals surface area contributed by atoms with E-state index in [1.807, 2.05) is 4.90 Å². The van der Waals surface area contributed by atoms with E-state index >= 15 is 0 Å². The Morgan fingerprint density at radius 1 is 1.06 bits per heavy atom. The van der Waals surface area contributed by atoms with Crippen molar-refractivity contribution in [3.8, 4) is 0 Å². The summed E-state index contributed by atoms with van der Waals surface area (Å²) in [7, 11) is -4.00. The molecule has 32 heavy (non-hydrogen) atoms. The largest absolute Gasteiger partial charge is 0.465 e. The molecule has 9 nitrogen and oxygen atoms in total. The smallest absolute Gasteiger partial charge is 0.325 e. The summed E-state index contributed by atoms with van der Waals surface area (Å²) in [6.45, 7) is 2.87. The van der Waals surface area contributed by atoms with Crippen molar-refractivity contribution in [3.63, 3.8) is 0 Å². The minimum absolute atomic E-state index is 0.0111. The van der Waals surface area contributed by atoms with E-state index < -0.39 is 34.0 Å². The monoisotopic (exact) mass is 463 g/mol. The third kappa shape index (κ3) is 5.87. The maximum Gasteiger partial charge on any atom is 0.325 e. The van der Waals surface area contributed by atoms with Crippen molar-refractivity contribution < 1.29 is 27.5 Å². The van der Waals surface area contributed by atoms with E-state index in [0.717, 1.165) is 25.7 Å². The van der Waals surface area contributed by atoms with Crippen LogP contribution in [0.2, 0.25) is 0 Å². The molecular weight excluding hydrogens is 434 g/mol. The number of fused-ring (bicyclic) bond motifs is 1. The van der Waals surface area contributed by atoms with Crippen LogP contribution in [0.5, 0.6) is 0 Å². The predicted octanol–water partition coefficient (Wildman–Crippen LogP) is 1.50. The first-order valence-electron chi connectivity index (χ1n) is 10.8. The molecule has 1 aromatic carbocycles. The van der Waals surface area contributed by atoms with Crippen molar-refractivity contribution >= 4 is 38.5 Å². The van der Waals surface area contributed by atoms with Crippen LogP contribution in [0.4, 0.5) is 0 Å². The number of likely N-dealkylation sites (tertiary alicyclic amines) is 1. The Morgan fingerprint density at radius 2 is 1.75 bits per heavy atom. The fourth-order valence-electron chi connectivity index (χ4n) is 3.84. The van der Waals surface area contributed by atoms with Gasteiger partial charge in [-0.2, -0.15) is 0 Å². The number of para-hydroxylation sites is 1. The summed E-state index contributed by atoms with van der Waals surface area (Å²) >= 11 is 0. The number of hydrogen-bond donors (Lipinski definition) is 1. The van der Waals surface area contributed by atoms with Crippen molar-refractivity contribution in [2.24, 2.45) is 0 Å². The van der Waals surface area contributed by atoms with Crippen molar-refractivity contribution in [2.45, 2.75) is 44.0 Å². The minimum Gasteiger partial charge on any atom is -0.465 e. The molecule has 0 bridgehead atoms. The van der Waals surface area contributed by atoms with Crippen molar-refractivity contribution in [3.05, 3.63) is 30.5 Å². The fraction of sp³-hybridized carbons (Fsp3) is 0.500. The van der Waals surface area contributed by atoms with Gasteiger partial charge in [0.05, 0.1) is 11.5 Å². The number of ether oxygens (including phenoxy) is 1. The highest BCUT2D eigenvalue weighted by molar-refractivity contribution is 7.92. The first-order valence-corrected chi connectivity index (χ1v) is 12.5. The van der Waals surface area contributed by atoms with Crippen LogP contribution in [0.3, 0.4) is 0 Å². The molecule has 0 unspecified atom stereocenters. The Bertz CT molecular complexity index is 1080. The zero-order valence-electron chi connectivity index (χ0n) is 18.2. The molecule has 1 N–H and O–H groups in total. The molecule has 1 saturated heterocycles. The standard InChI is InChI=1S/C22H29N3O6S/c1-2-31-22(28)13-23-20(26)16-32(29,30)19-14-25(18-10-6-5-9-17(18)19)15-21(27)24-11-7-3-4-8-12-24/h5-6,9-10,14H,2-4,7-8,11-13,15-16H2,1H3,(H,23,26). The normalized spacial score (nSPS) is 14.7. The van der Waals surface area contributed by atoms with Gasteiger partial charge in [0.15, 0.2) is 9.84 Å². The van der Waals surface area contributed by atoms with Crippen LogP contribution >= 0.6 is 0 Å². The average Bonchev–Trinajstić information content (AvgIpc) is 2.93. The van der Waals surface area contributed by atoms with Gasteiger partial charge in [0.1, 0.15) is 18.8 Å². The average molecular weight is 464 g/mol. The lowest BCUT2D eigenvalue weighted by atomic mass is 10.2. The summed E-state index contributed by atoms with van der Waals surface area (Å²) in [4.78, 5) is 38.2. The lowest BCUT2D eigenvalue weighted by Crippen LogP contribution is -2.35. The molecule has 0 saturated carbocycles. The first kappa shape index (κ1) is 23.8. The topological polar surface area (TPSA) is 115 Å². The maximum atomic E-state index is 13.0. The van der Waals surface area contributed by atoms with Crippen LogP contribution in [0, 0.1) is 0 Å². The molecule has 2 heterocycles. The summed E-state index contributed by atoms with van der Waals surface area (Å²) in [6.07, 6.45) is 5.58. The van der Waals surface area contributed by atoms with Crippen molar-refractivity contribution in [2.75, 3.05) is 32.0 Å². The molecule has 1 aliphatic rings. The number of carbonyl (C=O) groups excluding carboxylic acids is 3. The number of hydrogen-bond acceptors (Lipinski definition) is 6. The van der Waals surface area contributed by atoms with Gasteiger partial charge in [-0.05, 0) is 25.8 Å². The van der Waals surface area contributed by atoms with Crippen LogP contribution in [-0.4, -0.2) is 67.7 Å². The molecule has 0 atom stereocenters. The lowest BCUT2D eigenvalue weighted by Gasteiger charge is -2.20. The van der Waals surface area contributed by atoms with Crippen LogP contribution < -0.4 is 5.32 Å². The molecule has 174 valence electrons. The first-order chi connectivity index (χ1) is 15.3. The maximum absolute atomic E-state index is 13.0. The van der Waals surface area contributed by atoms with Gasteiger partial charge in [-0.1, -0.05) is 31.0 Å². The summed E-state index contributed by atoms with van der Waals surface area (Å²) in [5, 5.41) is 2.72. The Kier molecular flexibility index (Phi) is 7.89. The molecule has 1 fully saturated rings. The molecule has 3 rings (SSSR count). The van der Waals surface area contributed by atoms with E-state index in [1.54, 1.807) is 35.8 Å². The van der Waals surface area contributed by atoms with Crippen LogP contribution in [0.15, 0.2) is 35.4 Å². The number of nitrogens with one attached hydrogen (secondary N) is 1. The van der Waals surface area contributed by atoms with Gasteiger partial charge in [0, 0.05) is 30.2 Å². The second-order valence-electron chi connectivity index (χ2n) is 7.77. The van der Waals surface area contributed by atoms with Crippen molar-refractivity contribution in [1.29, 1.82) is 0 Å². The summed E-state index contributed by atoms with van der Waals surface area (Å²) in [6, 6.07) is 6.90. The van der Waals surface area contributed by atoms with Gasteiger partial charge in [0.25, 0.3) is 0 Å². The Morgan fingerprint density at radius 3 is 2.44 bits per heavy atom. The van der Waals surface area contributed by atoms with Gasteiger partial charge in [0.2, 0.25) is 11.8 Å². The molecule has 2 aromatic rings. The lowest BCUT2D eigenvalue weighted by molar-refractivity contribution is -0.143. The third-order valence-corrected chi connectivity index (χ3v) is 7.05. The van der Waals surface area contributed by atoms with E-state index in [4.69, 9.17) is 4.74 Å². The molecular formula is C22H29N3O6S. The Labute approximate surface area is 187 Å². The second-order valence-corrected chi connectivity index (χ2v) is 9.73. The second kappa shape index (κ2) is 10.6. The highest BCUT2D eigenvalue weighted by Crippen LogP contribution is 2.26. The number of sulfone groups is 1. The number of carbonyl (C=O) groups is 3. The number of rotatable bonds is 8. The number of aromatic nitrogens is 1. The van der Waals surface area contributed by atoms with Crippen LogP contribution in [0.25, 0.3) is 10.9 Å². The molecule has 10 heteroatoms. The van der Waals surface area contributed by atoms with Crippen LogP contribution in [-0.2, 0) is 35.5 Å². The van der Waals surface area contributed by atoms with Gasteiger partial charge in [-0.15, -0.1) is 0 Å². The van der Waals surface area contributed by atoms with Gasteiger partial charge < -0.3 is 19.5 Å². The highest BCUT2D eigenvalue weighted by Gasteiger charge is 2.26. The molecule has 1 aromatic heterocycles. The van der Waals surface area contributed by atoms with Crippen LogP contribution in [0.1, 0.15) is 32.6 Å². The zero-order valence-corrected chi connectivity index (χ0v) is 19.0.